The molecule has 0 fully saturated rings. The zero-order valence-electron chi connectivity index (χ0n) is 19.3. The second-order valence-corrected chi connectivity index (χ2v) is 8.63. The van der Waals surface area contributed by atoms with E-state index in [1.807, 2.05) is 0 Å². The average Bonchev–Trinajstić information content (AvgIpc) is 2.77. The number of hydrogen-bond acceptors (Lipinski definition) is 0. The fourth-order valence-corrected chi connectivity index (χ4v) is 4.00. The standard InChI is InChI=1S/C30H36/c1-6-8-9-25-10-15-27(16-11-25)28-17-12-26(13-18-28)14-19-30-23(4)20-29(21-24(30)5)22(3)7-2/h10-22H,6-9H2,1-5H3. The molecule has 0 aliphatic heterocycles. The summed E-state index contributed by atoms with van der Waals surface area (Å²) in [6, 6.07) is 22.6. The van der Waals surface area contributed by atoms with Gasteiger partial charge in [-0.05, 0) is 83.5 Å². The zero-order chi connectivity index (χ0) is 21.5. The van der Waals surface area contributed by atoms with Gasteiger partial charge in [0.15, 0.2) is 0 Å². The Kier molecular flexibility index (Phi) is 7.69. The highest BCUT2D eigenvalue weighted by Crippen LogP contribution is 2.26. The summed E-state index contributed by atoms with van der Waals surface area (Å²) >= 11 is 0. The highest BCUT2D eigenvalue weighted by Gasteiger charge is 2.07. The van der Waals surface area contributed by atoms with Crippen molar-refractivity contribution >= 4 is 12.2 Å². The van der Waals surface area contributed by atoms with Gasteiger partial charge in [0, 0.05) is 0 Å². The lowest BCUT2D eigenvalue weighted by Gasteiger charge is -2.14. The first-order valence-corrected chi connectivity index (χ1v) is 11.5. The quantitative estimate of drug-likeness (QED) is 0.333. The van der Waals surface area contributed by atoms with Crippen molar-refractivity contribution in [3.63, 3.8) is 0 Å². The first kappa shape index (κ1) is 22.1. The first-order chi connectivity index (χ1) is 14.5. The van der Waals surface area contributed by atoms with Crippen LogP contribution in [0.15, 0.2) is 60.7 Å². The average molecular weight is 397 g/mol. The molecule has 30 heavy (non-hydrogen) atoms. The van der Waals surface area contributed by atoms with Crippen molar-refractivity contribution in [1.29, 1.82) is 0 Å². The largest absolute Gasteiger partial charge is 0.0654 e. The van der Waals surface area contributed by atoms with Gasteiger partial charge in [-0.3, -0.25) is 0 Å². The van der Waals surface area contributed by atoms with Gasteiger partial charge in [0.05, 0.1) is 0 Å². The Hall–Kier alpha value is -2.60. The molecule has 0 aliphatic carbocycles. The van der Waals surface area contributed by atoms with Gasteiger partial charge < -0.3 is 0 Å². The first-order valence-electron chi connectivity index (χ1n) is 11.5. The molecule has 0 spiro atoms. The minimum Gasteiger partial charge on any atom is -0.0654 e. The van der Waals surface area contributed by atoms with Crippen molar-refractivity contribution in [1.82, 2.24) is 0 Å². The van der Waals surface area contributed by atoms with Crippen LogP contribution in [0.4, 0.5) is 0 Å². The molecule has 0 aliphatic rings. The maximum absolute atomic E-state index is 2.36. The van der Waals surface area contributed by atoms with Gasteiger partial charge in [-0.2, -0.15) is 0 Å². The summed E-state index contributed by atoms with van der Waals surface area (Å²) in [5.74, 6) is 0.619. The molecule has 0 heterocycles. The molecule has 1 unspecified atom stereocenters. The lowest BCUT2D eigenvalue weighted by atomic mass is 9.91. The van der Waals surface area contributed by atoms with Gasteiger partial charge >= 0.3 is 0 Å². The van der Waals surface area contributed by atoms with E-state index in [-0.39, 0.29) is 0 Å². The number of aryl methyl sites for hydroxylation is 3. The van der Waals surface area contributed by atoms with Crippen LogP contribution in [-0.2, 0) is 6.42 Å². The van der Waals surface area contributed by atoms with Crippen LogP contribution in [0.2, 0.25) is 0 Å². The van der Waals surface area contributed by atoms with Crippen molar-refractivity contribution < 1.29 is 0 Å². The van der Waals surface area contributed by atoms with Crippen LogP contribution in [0.25, 0.3) is 23.3 Å². The van der Waals surface area contributed by atoms with E-state index >= 15 is 0 Å². The normalized spacial score (nSPS) is 12.4. The van der Waals surface area contributed by atoms with Crippen molar-refractivity contribution in [2.75, 3.05) is 0 Å². The van der Waals surface area contributed by atoms with Gasteiger partial charge in [0.25, 0.3) is 0 Å². The summed E-state index contributed by atoms with van der Waals surface area (Å²) in [7, 11) is 0. The second-order valence-electron chi connectivity index (χ2n) is 8.63. The van der Waals surface area contributed by atoms with Crippen molar-refractivity contribution in [3.8, 4) is 11.1 Å². The summed E-state index contributed by atoms with van der Waals surface area (Å²) in [5, 5.41) is 0. The molecule has 1 atom stereocenters. The molecule has 0 saturated heterocycles. The number of unbranched alkanes of at least 4 members (excludes halogenated alkanes) is 1. The highest BCUT2D eigenvalue weighted by atomic mass is 14.1. The van der Waals surface area contributed by atoms with Gasteiger partial charge in [0.1, 0.15) is 0 Å². The maximum Gasteiger partial charge on any atom is -0.0184 e. The van der Waals surface area contributed by atoms with E-state index in [4.69, 9.17) is 0 Å². The number of rotatable bonds is 8. The van der Waals surface area contributed by atoms with Crippen LogP contribution in [0.5, 0.6) is 0 Å². The summed E-state index contributed by atoms with van der Waals surface area (Å²) < 4.78 is 0. The molecule has 3 rings (SSSR count). The molecule has 0 heteroatoms. The smallest absolute Gasteiger partial charge is 0.0184 e. The molecule has 0 nitrogen and oxygen atoms in total. The van der Waals surface area contributed by atoms with Crippen LogP contribution in [0, 0.1) is 13.8 Å². The molecule has 0 radical (unpaired) electrons. The van der Waals surface area contributed by atoms with E-state index in [2.05, 4.69) is 107 Å². The predicted octanol–water partition coefficient (Wildman–Crippen LogP) is 9.00. The molecule has 3 aromatic rings. The van der Waals surface area contributed by atoms with E-state index < -0.39 is 0 Å². The predicted molar refractivity (Wildman–Crippen MR) is 134 cm³/mol. The Bertz CT molecular complexity index is 949. The van der Waals surface area contributed by atoms with Crippen molar-refractivity contribution in [2.24, 2.45) is 0 Å². The number of hydrogen-bond donors (Lipinski definition) is 0. The van der Waals surface area contributed by atoms with Gasteiger partial charge in [-0.15, -0.1) is 0 Å². The molecular weight excluding hydrogens is 360 g/mol. The molecule has 0 aromatic heterocycles. The Morgan fingerprint density at radius 1 is 0.767 bits per heavy atom. The lowest BCUT2D eigenvalue weighted by molar-refractivity contribution is 0.732. The molecule has 3 aromatic carbocycles. The minimum atomic E-state index is 0.619. The fraction of sp³-hybridized carbons (Fsp3) is 0.333. The van der Waals surface area contributed by atoms with Crippen LogP contribution < -0.4 is 0 Å². The molecule has 0 bridgehead atoms. The third kappa shape index (κ3) is 5.51. The SMILES string of the molecule is CCCCc1ccc(-c2ccc(C=Cc3c(C)cc(C(C)CC)cc3C)cc2)cc1. The van der Waals surface area contributed by atoms with Crippen LogP contribution in [-0.4, -0.2) is 0 Å². The van der Waals surface area contributed by atoms with E-state index in [1.54, 1.807) is 0 Å². The van der Waals surface area contributed by atoms with Gasteiger partial charge in [0.2, 0.25) is 0 Å². The second kappa shape index (κ2) is 10.4. The Morgan fingerprint density at radius 3 is 1.87 bits per heavy atom. The third-order valence-electron chi connectivity index (χ3n) is 6.26. The number of benzene rings is 3. The van der Waals surface area contributed by atoms with Gasteiger partial charge in [-0.1, -0.05) is 100 Å². The fourth-order valence-electron chi connectivity index (χ4n) is 4.00. The summed E-state index contributed by atoms with van der Waals surface area (Å²) in [5.41, 5.74) is 10.8. The molecular formula is C30H36. The minimum absolute atomic E-state index is 0.619. The van der Waals surface area contributed by atoms with Crippen LogP contribution >= 0.6 is 0 Å². The third-order valence-corrected chi connectivity index (χ3v) is 6.26. The molecule has 0 N–H and O–H groups in total. The van der Waals surface area contributed by atoms with E-state index in [1.165, 1.54) is 70.2 Å². The van der Waals surface area contributed by atoms with Crippen LogP contribution in [0.1, 0.15) is 79.3 Å². The Labute approximate surface area is 183 Å². The summed E-state index contributed by atoms with van der Waals surface area (Å²) in [6.45, 7) is 11.3. The molecule has 0 amide bonds. The maximum atomic E-state index is 2.36. The monoisotopic (exact) mass is 396 g/mol. The zero-order valence-corrected chi connectivity index (χ0v) is 19.3. The van der Waals surface area contributed by atoms with Gasteiger partial charge in [-0.25, -0.2) is 0 Å². The molecule has 0 saturated carbocycles. The highest BCUT2D eigenvalue weighted by molar-refractivity contribution is 5.74. The van der Waals surface area contributed by atoms with Crippen molar-refractivity contribution in [2.45, 2.75) is 66.2 Å². The molecule has 156 valence electrons. The van der Waals surface area contributed by atoms with E-state index in [0.717, 1.165) is 0 Å². The van der Waals surface area contributed by atoms with Crippen molar-refractivity contribution in [3.05, 3.63) is 94.0 Å². The Balaban J connectivity index is 1.73. The Morgan fingerprint density at radius 2 is 1.33 bits per heavy atom. The van der Waals surface area contributed by atoms with E-state index in [0.29, 0.717) is 5.92 Å². The van der Waals surface area contributed by atoms with Crippen LogP contribution in [0.3, 0.4) is 0 Å². The topological polar surface area (TPSA) is 0 Å². The summed E-state index contributed by atoms with van der Waals surface area (Å²) in [4.78, 5) is 0. The summed E-state index contributed by atoms with van der Waals surface area (Å²) in [6.07, 6.45) is 9.37. The lowest BCUT2D eigenvalue weighted by Crippen LogP contribution is -1.96. The van der Waals surface area contributed by atoms with E-state index in [9.17, 15) is 0 Å².